The average Bonchev–Trinajstić information content (AvgIpc) is 2.60. The van der Waals surface area contributed by atoms with Gasteiger partial charge in [0.2, 0.25) is 0 Å². The van der Waals surface area contributed by atoms with E-state index in [-0.39, 0.29) is 11.9 Å². The fourth-order valence-corrected chi connectivity index (χ4v) is 2.24. The Hall–Kier alpha value is -2.36. The molecule has 0 spiro atoms. The van der Waals surface area contributed by atoms with E-state index in [1.807, 2.05) is 30.3 Å². The van der Waals surface area contributed by atoms with Gasteiger partial charge in [-0.25, -0.2) is 4.39 Å². The van der Waals surface area contributed by atoms with Gasteiger partial charge in [0.05, 0.1) is 11.6 Å². The molecule has 0 aliphatic carbocycles. The number of amides is 1. The molecule has 19 heavy (non-hydrogen) atoms. The van der Waals surface area contributed by atoms with Gasteiger partial charge >= 0.3 is 0 Å². The molecule has 2 aromatic rings. The number of anilines is 1. The number of carbonyl (C=O) groups excluding carboxylic acids is 1. The lowest BCUT2D eigenvalue weighted by Gasteiger charge is -2.16. The largest absolute Gasteiger partial charge is 0.382 e. The van der Waals surface area contributed by atoms with Crippen molar-refractivity contribution in [2.45, 2.75) is 6.04 Å². The highest BCUT2D eigenvalue weighted by atomic mass is 19.1. The van der Waals surface area contributed by atoms with Crippen LogP contribution in [-0.2, 0) is 0 Å². The summed E-state index contributed by atoms with van der Waals surface area (Å²) < 4.78 is 13.2. The molecule has 3 rings (SSSR count). The third-order valence-corrected chi connectivity index (χ3v) is 3.23. The Kier molecular flexibility index (Phi) is 2.91. The fraction of sp³-hybridized carbons (Fsp3) is 0.133. The summed E-state index contributed by atoms with van der Waals surface area (Å²) in [6.45, 7) is 0.578. The van der Waals surface area contributed by atoms with E-state index in [1.165, 1.54) is 12.1 Å². The highest BCUT2D eigenvalue weighted by molar-refractivity contribution is 6.00. The first kappa shape index (κ1) is 11.7. The molecule has 0 saturated heterocycles. The molecule has 1 aliphatic rings. The summed E-state index contributed by atoms with van der Waals surface area (Å²) in [6, 6.07) is 13.8. The topological polar surface area (TPSA) is 41.1 Å². The predicted octanol–water partition coefficient (Wildman–Crippen LogP) is 2.72. The van der Waals surface area contributed by atoms with Crippen molar-refractivity contribution in [1.82, 2.24) is 5.32 Å². The van der Waals surface area contributed by atoms with E-state index in [0.29, 0.717) is 17.8 Å². The fourth-order valence-electron chi connectivity index (χ4n) is 2.24. The van der Waals surface area contributed by atoms with Crippen molar-refractivity contribution in [3.05, 3.63) is 65.5 Å². The van der Waals surface area contributed by atoms with Crippen LogP contribution in [0.15, 0.2) is 48.5 Å². The van der Waals surface area contributed by atoms with Gasteiger partial charge in [-0.3, -0.25) is 4.79 Å². The zero-order valence-electron chi connectivity index (χ0n) is 10.2. The summed E-state index contributed by atoms with van der Waals surface area (Å²) in [7, 11) is 0. The maximum atomic E-state index is 13.2. The van der Waals surface area contributed by atoms with E-state index in [4.69, 9.17) is 0 Å². The van der Waals surface area contributed by atoms with Crippen molar-refractivity contribution in [3.8, 4) is 0 Å². The predicted molar refractivity (Wildman–Crippen MR) is 71.5 cm³/mol. The Morgan fingerprint density at radius 1 is 1.11 bits per heavy atom. The first-order chi connectivity index (χ1) is 9.24. The maximum Gasteiger partial charge on any atom is 0.254 e. The molecular formula is C15H13FN2O. The normalized spacial score (nSPS) is 17.9. The third-order valence-electron chi connectivity index (χ3n) is 3.23. The maximum absolute atomic E-state index is 13.2. The zero-order valence-corrected chi connectivity index (χ0v) is 10.2. The second kappa shape index (κ2) is 4.72. The van der Waals surface area contributed by atoms with Gasteiger partial charge in [-0.2, -0.15) is 0 Å². The molecule has 2 aromatic carbocycles. The lowest BCUT2D eigenvalue weighted by Crippen LogP contribution is -2.29. The minimum Gasteiger partial charge on any atom is -0.382 e. The van der Waals surface area contributed by atoms with E-state index >= 15 is 0 Å². The first-order valence-electron chi connectivity index (χ1n) is 6.13. The molecule has 1 unspecified atom stereocenters. The van der Waals surface area contributed by atoms with Crippen molar-refractivity contribution < 1.29 is 9.18 Å². The van der Waals surface area contributed by atoms with Gasteiger partial charge in [0.1, 0.15) is 5.82 Å². The highest BCUT2D eigenvalue weighted by Crippen LogP contribution is 2.23. The summed E-state index contributed by atoms with van der Waals surface area (Å²) in [5.41, 5.74) is 2.03. The second-order valence-corrected chi connectivity index (χ2v) is 4.51. The number of hydrogen-bond donors (Lipinski definition) is 2. The van der Waals surface area contributed by atoms with Gasteiger partial charge in [-0.1, -0.05) is 30.3 Å². The summed E-state index contributed by atoms with van der Waals surface area (Å²) >= 11 is 0. The Morgan fingerprint density at radius 3 is 2.68 bits per heavy atom. The molecule has 4 heteroatoms. The summed E-state index contributed by atoms with van der Waals surface area (Å²) in [5, 5.41) is 6.09. The first-order valence-corrected chi connectivity index (χ1v) is 6.13. The molecule has 2 N–H and O–H groups in total. The van der Waals surface area contributed by atoms with Crippen LogP contribution in [0.5, 0.6) is 0 Å². The molecular weight excluding hydrogens is 243 g/mol. The van der Waals surface area contributed by atoms with Crippen molar-refractivity contribution in [2.24, 2.45) is 0 Å². The Morgan fingerprint density at radius 2 is 1.89 bits per heavy atom. The molecule has 0 fully saturated rings. The molecule has 96 valence electrons. The minimum atomic E-state index is -0.408. The van der Waals surface area contributed by atoms with E-state index < -0.39 is 5.82 Å². The molecule has 1 heterocycles. The van der Waals surface area contributed by atoms with Crippen LogP contribution in [0.2, 0.25) is 0 Å². The second-order valence-electron chi connectivity index (χ2n) is 4.51. The molecule has 0 radical (unpaired) electrons. The number of rotatable bonds is 1. The van der Waals surface area contributed by atoms with Crippen LogP contribution < -0.4 is 10.6 Å². The number of carbonyl (C=O) groups is 1. The van der Waals surface area contributed by atoms with Gasteiger partial charge in [-0.15, -0.1) is 0 Å². The monoisotopic (exact) mass is 256 g/mol. The SMILES string of the molecule is O=C1NC(c2ccccc2)CNc2ccc(F)cc21. The van der Waals surface area contributed by atoms with E-state index in [9.17, 15) is 9.18 Å². The van der Waals surface area contributed by atoms with Gasteiger partial charge in [0.25, 0.3) is 5.91 Å². The Labute approximate surface area is 110 Å². The molecule has 0 aromatic heterocycles. The quantitative estimate of drug-likeness (QED) is 0.823. The smallest absolute Gasteiger partial charge is 0.254 e. The molecule has 3 nitrogen and oxygen atoms in total. The van der Waals surface area contributed by atoms with Crippen molar-refractivity contribution in [3.63, 3.8) is 0 Å². The van der Waals surface area contributed by atoms with Gasteiger partial charge in [0.15, 0.2) is 0 Å². The van der Waals surface area contributed by atoms with Crippen molar-refractivity contribution in [2.75, 3.05) is 11.9 Å². The number of hydrogen-bond acceptors (Lipinski definition) is 2. The highest BCUT2D eigenvalue weighted by Gasteiger charge is 2.22. The Bertz CT molecular complexity index is 613. The van der Waals surface area contributed by atoms with Crippen LogP contribution in [0.1, 0.15) is 22.0 Å². The lowest BCUT2D eigenvalue weighted by atomic mass is 10.1. The number of nitrogens with one attached hydrogen (secondary N) is 2. The van der Waals surface area contributed by atoms with Crippen LogP contribution in [0.3, 0.4) is 0 Å². The zero-order chi connectivity index (χ0) is 13.2. The Balaban J connectivity index is 1.92. The summed E-state index contributed by atoms with van der Waals surface area (Å²) in [5.74, 6) is -0.665. The van der Waals surface area contributed by atoms with Crippen LogP contribution in [0, 0.1) is 5.82 Å². The number of halogens is 1. The van der Waals surface area contributed by atoms with Crippen molar-refractivity contribution >= 4 is 11.6 Å². The van der Waals surface area contributed by atoms with Gasteiger partial charge < -0.3 is 10.6 Å². The van der Waals surface area contributed by atoms with Gasteiger partial charge in [0, 0.05) is 12.2 Å². The van der Waals surface area contributed by atoms with Crippen molar-refractivity contribution in [1.29, 1.82) is 0 Å². The van der Waals surface area contributed by atoms with Crippen LogP contribution >= 0.6 is 0 Å². The van der Waals surface area contributed by atoms with E-state index in [1.54, 1.807) is 6.07 Å². The summed E-state index contributed by atoms with van der Waals surface area (Å²) in [6.07, 6.45) is 0. The number of benzene rings is 2. The van der Waals surface area contributed by atoms with Crippen LogP contribution in [-0.4, -0.2) is 12.5 Å². The summed E-state index contributed by atoms with van der Waals surface area (Å²) in [4.78, 5) is 12.1. The van der Waals surface area contributed by atoms with E-state index in [2.05, 4.69) is 10.6 Å². The molecule has 0 saturated carbocycles. The molecule has 1 amide bonds. The number of fused-ring (bicyclic) bond motifs is 1. The molecule has 1 atom stereocenters. The lowest BCUT2D eigenvalue weighted by molar-refractivity contribution is 0.0942. The van der Waals surface area contributed by atoms with E-state index in [0.717, 1.165) is 5.56 Å². The van der Waals surface area contributed by atoms with Crippen LogP contribution in [0.25, 0.3) is 0 Å². The molecule has 0 bridgehead atoms. The minimum absolute atomic E-state index is 0.121. The van der Waals surface area contributed by atoms with Crippen LogP contribution in [0.4, 0.5) is 10.1 Å². The molecule has 1 aliphatic heterocycles. The van der Waals surface area contributed by atoms with Gasteiger partial charge in [-0.05, 0) is 23.8 Å². The average molecular weight is 256 g/mol. The standard InChI is InChI=1S/C15H13FN2O/c16-11-6-7-13-12(8-11)15(19)18-14(9-17-13)10-4-2-1-3-5-10/h1-8,14,17H,9H2,(H,18,19). The third kappa shape index (κ3) is 2.29.